The summed E-state index contributed by atoms with van der Waals surface area (Å²) in [5, 5.41) is 62.4. The van der Waals surface area contributed by atoms with Gasteiger partial charge in [-0.25, -0.2) is 4.79 Å². The van der Waals surface area contributed by atoms with Gasteiger partial charge in [-0.3, -0.25) is 0 Å². The Morgan fingerprint density at radius 1 is 0.897 bits per heavy atom. The minimum atomic E-state index is -1.65. The molecule has 0 spiro atoms. The average molecular weight is 555 g/mol. The Hall–Kier alpha value is -2.17. The Kier molecular flexibility index (Phi) is 7.76. The number of rotatable bonds is 6. The molecule has 1 aromatic carbocycles. The zero-order valence-electron chi connectivity index (χ0n) is 21.6. The summed E-state index contributed by atoms with van der Waals surface area (Å²) in [6.45, 7) is 4.55. The minimum absolute atomic E-state index is 0.384. The zero-order valence-corrected chi connectivity index (χ0v) is 21.6. The molecule has 2 saturated heterocycles. The van der Waals surface area contributed by atoms with Crippen LogP contribution in [0.3, 0.4) is 0 Å². The topological polar surface area (TPSA) is 198 Å². The molecule has 1 aromatic heterocycles. The number of hydrogen-bond acceptors (Lipinski definition) is 13. The highest BCUT2D eigenvalue weighted by atomic mass is 16.7. The van der Waals surface area contributed by atoms with E-state index in [-0.39, 0.29) is 0 Å². The molecule has 4 heterocycles. The van der Waals surface area contributed by atoms with Gasteiger partial charge in [0.15, 0.2) is 12.6 Å². The van der Waals surface area contributed by atoms with Gasteiger partial charge in [-0.2, -0.15) is 0 Å². The van der Waals surface area contributed by atoms with Crippen molar-refractivity contribution in [1.29, 1.82) is 0 Å². The van der Waals surface area contributed by atoms with Crippen molar-refractivity contribution in [3.8, 4) is 5.75 Å². The summed E-state index contributed by atoms with van der Waals surface area (Å²) in [5.74, 6) is 0.526. The molecule has 0 bridgehead atoms. The van der Waals surface area contributed by atoms with Crippen molar-refractivity contribution in [2.24, 2.45) is 0 Å². The van der Waals surface area contributed by atoms with Gasteiger partial charge in [-0.1, -0.05) is 0 Å². The van der Waals surface area contributed by atoms with Gasteiger partial charge >= 0.3 is 5.63 Å². The lowest BCUT2D eigenvalue weighted by Gasteiger charge is -2.44. The lowest BCUT2D eigenvalue weighted by atomic mass is 9.95. The number of aliphatic hydroxyl groups is 6. The van der Waals surface area contributed by atoms with Crippen molar-refractivity contribution >= 4 is 11.0 Å². The van der Waals surface area contributed by atoms with Gasteiger partial charge in [0.2, 0.25) is 0 Å². The van der Waals surface area contributed by atoms with Gasteiger partial charge in [-0.05, 0) is 38.5 Å². The largest absolute Gasteiger partial charge is 0.487 e. The highest BCUT2D eigenvalue weighted by molar-refractivity contribution is 5.79. The maximum absolute atomic E-state index is 11.6. The molecular formula is C26H34O13. The van der Waals surface area contributed by atoms with E-state index in [2.05, 4.69) is 0 Å². The average Bonchev–Trinajstić information content (AvgIpc) is 3.32. The van der Waals surface area contributed by atoms with Crippen molar-refractivity contribution in [2.75, 3.05) is 6.61 Å². The van der Waals surface area contributed by atoms with E-state index >= 15 is 0 Å². The van der Waals surface area contributed by atoms with E-state index in [4.69, 9.17) is 28.1 Å². The lowest BCUT2D eigenvalue weighted by Crippen LogP contribution is -2.62. The molecule has 11 unspecified atom stereocenters. The fourth-order valence-corrected chi connectivity index (χ4v) is 5.06. The van der Waals surface area contributed by atoms with E-state index in [1.54, 1.807) is 26.0 Å². The van der Waals surface area contributed by atoms with E-state index in [9.17, 15) is 35.4 Å². The monoisotopic (exact) mass is 554 g/mol. The number of aliphatic hydroxyl groups excluding tert-OH is 6. The van der Waals surface area contributed by atoms with Crippen LogP contribution in [0.2, 0.25) is 0 Å². The Morgan fingerprint density at radius 3 is 2.33 bits per heavy atom. The first-order valence-corrected chi connectivity index (χ1v) is 12.8. The molecule has 3 aliphatic rings. The van der Waals surface area contributed by atoms with Crippen LogP contribution in [0.5, 0.6) is 5.75 Å². The standard InChI is InChI=1S/C26H34O13/c1-10-18(28)20(30)22(32)24(35-10)34-9-15-19(29)21(31)23(33)25(38-15)39-26(2,3)16-7-12-6-11-4-5-17(27)37-13(11)8-14(12)36-16/h4-6,8,10,15-16,18-25,28-33H,7,9H2,1-3H3. The maximum Gasteiger partial charge on any atom is 0.336 e. The van der Waals surface area contributed by atoms with E-state index in [1.807, 2.05) is 6.07 Å². The van der Waals surface area contributed by atoms with Gasteiger partial charge in [0.25, 0.3) is 0 Å². The van der Waals surface area contributed by atoms with E-state index < -0.39 is 85.3 Å². The molecule has 2 aromatic rings. The molecule has 0 saturated carbocycles. The summed E-state index contributed by atoms with van der Waals surface area (Å²) < 4.78 is 34.1. The zero-order chi connectivity index (χ0) is 28.2. The lowest BCUT2D eigenvalue weighted by molar-refractivity contribution is -0.344. The van der Waals surface area contributed by atoms with Crippen molar-refractivity contribution < 1.29 is 58.7 Å². The Morgan fingerprint density at radius 2 is 1.59 bits per heavy atom. The first kappa shape index (κ1) is 28.4. The molecule has 13 heteroatoms. The second kappa shape index (κ2) is 10.7. The molecule has 0 amide bonds. The van der Waals surface area contributed by atoms with Crippen LogP contribution < -0.4 is 10.4 Å². The highest BCUT2D eigenvalue weighted by Crippen LogP contribution is 2.38. The van der Waals surface area contributed by atoms with Crippen LogP contribution in [0, 0.1) is 0 Å². The predicted octanol–water partition coefficient (Wildman–Crippen LogP) is -1.46. The predicted molar refractivity (Wildman–Crippen MR) is 131 cm³/mol. The minimum Gasteiger partial charge on any atom is -0.487 e. The summed E-state index contributed by atoms with van der Waals surface area (Å²) in [4.78, 5) is 11.6. The molecule has 11 atom stereocenters. The van der Waals surface area contributed by atoms with Crippen LogP contribution in [0.15, 0.2) is 33.5 Å². The molecular weight excluding hydrogens is 520 g/mol. The SMILES string of the molecule is CC1OC(OCC2OC(OC(C)(C)C3Cc4cc5ccc(=O)oc5cc4O3)C(O)C(O)C2O)C(O)C(O)C1O. The third kappa shape index (κ3) is 5.44. The first-order valence-electron chi connectivity index (χ1n) is 12.8. The third-order valence-corrected chi connectivity index (χ3v) is 7.57. The third-order valence-electron chi connectivity index (χ3n) is 7.57. The quantitative estimate of drug-likeness (QED) is 0.227. The molecule has 2 fully saturated rings. The number of fused-ring (bicyclic) bond motifs is 2. The molecule has 6 N–H and O–H groups in total. The fraction of sp³-hybridized carbons (Fsp3) is 0.654. The van der Waals surface area contributed by atoms with Crippen LogP contribution >= 0.6 is 0 Å². The first-order chi connectivity index (χ1) is 18.4. The van der Waals surface area contributed by atoms with Crippen molar-refractivity contribution in [3.05, 3.63) is 40.2 Å². The van der Waals surface area contributed by atoms with Crippen LogP contribution in [0.4, 0.5) is 0 Å². The summed E-state index contributed by atoms with van der Waals surface area (Å²) in [6.07, 6.45) is -14.1. The van der Waals surface area contributed by atoms with Crippen LogP contribution in [0.25, 0.3) is 11.0 Å². The molecule has 3 aliphatic heterocycles. The van der Waals surface area contributed by atoms with E-state index in [1.165, 1.54) is 13.0 Å². The summed E-state index contributed by atoms with van der Waals surface area (Å²) in [5.41, 5.74) is -0.285. The number of benzene rings is 1. The van der Waals surface area contributed by atoms with Crippen LogP contribution in [-0.2, 0) is 25.4 Å². The second-order valence-corrected chi connectivity index (χ2v) is 10.8. The molecule has 216 valence electrons. The summed E-state index contributed by atoms with van der Waals surface area (Å²) in [7, 11) is 0. The van der Waals surface area contributed by atoms with Crippen LogP contribution in [0.1, 0.15) is 26.3 Å². The van der Waals surface area contributed by atoms with Crippen molar-refractivity contribution in [1.82, 2.24) is 0 Å². The normalized spacial score (nSPS) is 38.9. The van der Waals surface area contributed by atoms with Crippen molar-refractivity contribution in [2.45, 2.75) is 100 Å². The van der Waals surface area contributed by atoms with Gasteiger partial charge in [0, 0.05) is 23.9 Å². The number of ether oxygens (including phenoxy) is 5. The molecule has 13 nitrogen and oxygen atoms in total. The Labute approximate surface area is 223 Å². The van der Waals surface area contributed by atoms with E-state index in [0.29, 0.717) is 17.8 Å². The smallest absolute Gasteiger partial charge is 0.336 e. The van der Waals surface area contributed by atoms with Gasteiger partial charge < -0.3 is 58.7 Å². The Bertz CT molecular complexity index is 1230. The molecule has 0 radical (unpaired) electrons. The van der Waals surface area contributed by atoms with E-state index in [0.717, 1.165) is 10.9 Å². The number of hydrogen-bond donors (Lipinski definition) is 6. The summed E-state index contributed by atoms with van der Waals surface area (Å²) in [6, 6.07) is 6.50. The van der Waals surface area contributed by atoms with Crippen LogP contribution in [-0.4, -0.2) is 110 Å². The van der Waals surface area contributed by atoms with Crippen molar-refractivity contribution in [3.63, 3.8) is 0 Å². The summed E-state index contributed by atoms with van der Waals surface area (Å²) >= 11 is 0. The molecule has 5 rings (SSSR count). The fourth-order valence-electron chi connectivity index (χ4n) is 5.06. The highest BCUT2D eigenvalue weighted by Gasteiger charge is 2.49. The Balaban J connectivity index is 1.25. The molecule has 39 heavy (non-hydrogen) atoms. The second-order valence-electron chi connectivity index (χ2n) is 10.8. The maximum atomic E-state index is 11.6. The van der Waals surface area contributed by atoms with Gasteiger partial charge in [0.1, 0.15) is 65.8 Å². The molecule has 0 aliphatic carbocycles. The van der Waals surface area contributed by atoms with Gasteiger partial charge in [-0.15, -0.1) is 0 Å². The van der Waals surface area contributed by atoms with Gasteiger partial charge in [0.05, 0.1) is 12.7 Å².